The summed E-state index contributed by atoms with van der Waals surface area (Å²) >= 11 is 1.41. The Hall–Kier alpha value is -0.900. The van der Waals surface area contributed by atoms with Crippen LogP contribution in [0.1, 0.15) is 50.7 Å². The summed E-state index contributed by atoms with van der Waals surface area (Å²) in [6.45, 7) is 8.29. The Morgan fingerprint density at radius 1 is 1.29 bits per heavy atom. The van der Waals surface area contributed by atoms with Crippen LogP contribution in [0.2, 0.25) is 0 Å². The van der Waals surface area contributed by atoms with Crippen LogP contribution in [0.4, 0.5) is 8.78 Å². The topological polar surface area (TPSA) is 38.9 Å². The van der Waals surface area contributed by atoms with E-state index in [4.69, 9.17) is 5.73 Å². The minimum atomic E-state index is -0.470. The molecule has 1 aromatic carbocycles. The average Bonchev–Trinajstić information content (AvgIpc) is 2.91. The summed E-state index contributed by atoms with van der Waals surface area (Å²) in [5, 5.41) is 0.491. The summed E-state index contributed by atoms with van der Waals surface area (Å²) in [7, 11) is 2.83. The third-order valence-corrected chi connectivity index (χ3v) is 5.92. The largest absolute Gasteiger partial charge is 0.322 e. The van der Waals surface area contributed by atoms with Crippen molar-refractivity contribution in [3.8, 4) is 10.6 Å². The number of benzene rings is 1. The lowest BCUT2D eigenvalue weighted by molar-refractivity contribution is 0.321. The third-order valence-electron chi connectivity index (χ3n) is 4.09. The van der Waals surface area contributed by atoms with Gasteiger partial charge in [0.15, 0.2) is 0 Å². The van der Waals surface area contributed by atoms with Crippen LogP contribution in [0.25, 0.3) is 10.6 Å². The molecule has 0 aliphatic heterocycles. The number of aromatic nitrogens is 1. The van der Waals surface area contributed by atoms with Gasteiger partial charge in [0, 0.05) is 10.4 Å². The summed E-state index contributed by atoms with van der Waals surface area (Å²) in [4.78, 5) is 5.67. The van der Waals surface area contributed by atoms with Gasteiger partial charge in [-0.25, -0.2) is 13.8 Å². The van der Waals surface area contributed by atoms with Crippen molar-refractivity contribution >= 4 is 20.6 Å². The first-order chi connectivity index (χ1) is 11.1. The molecule has 1 aromatic heterocycles. The summed E-state index contributed by atoms with van der Waals surface area (Å²) in [5.41, 5.74) is 7.66. The van der Waals surface area contributed by atoms with Gasteiger partial charge in [0.1, 0.15) is 16.6 Å². The van der Waals surface area contributed by atoms with Gasteiger partial charge in [-0.2, -0.15) is 0 Å². The van der Waals surface area contributed by atoms with Gasteiger partial charge in [0.25, 0.3) is 0 Å². The van der Waals surface area contributed by atoms with Gasteiger partial charge in [-0.15, -0.1) is 20.6 Å². The molecule has 24 heavy (non-hydrogen) atoms. The summed E-state index contributed by atoms with van der Waals surface area (Å²) in [6, 6.07) is 3.19. The Morgan fingerprint density at radius 3 is 2.54 bits per heavy atom. The predicted octanol–water partition coefficient (Wildman–Crippen LogP) is 5.33. The zero-order chi connectivity index (χ0) is 18.1. The molecule has 132 valence electrons. The van der Waals surface area contributed by atoms with Crippen LogP contribution >= 0.6 is 20.6 Å². The third kappa shape index (κ3) is 4.38. The molecule has 0 spiro atoms. The highest BCUT2D eigenvalue weighted by atomic mass is 32.1. The van der Waals surface area contributed by atoms with Crippen LogP contribution in [0, 0.1) is 17.0 Å². The van der Waals surface area contributed by atoms with E-state index >= 15 is 0 Å². The van der Waals surface area contributed by atoms with Crippen molar-refractivity contribution in [3.63, 3.8) is 0 Å². The van der Waals surface area contributed by atoms with Crippen LogP contribution in [0.5, 0.6) is 0 Å². The van der Waals surface area contributed by atoms with Crippen molar-refractivity contribution in [1.29, 1.82) is 0 Å². The first kappa shape index (κ1) is 19.4. The highest BCUT2D eigenvalue weighted by Crippen LogP contribution is 2.39. The zero-order valence-corrected chi connectivity index (χ0v) is 16.5. The molecule has 0 fully saturated rings. The smallest absolute Gasteiger partial charge is 0.133 e. The maximum atomic E-state index is 14.1. The molecule has 2 rings (SSSR count). The molecule has 0 aliphatic carbocycles. The van der Waals surface area contributed by atoms with Gasteiger partial charge in [0.05, 0.1) is 11.7 Å². The molecule has 1 heterocycles. The van der Waals surface area contributed by atoms with Crippen LogP contribution < -0.4 is 5.73 Å². The van der Waals surface area contributed by atoms with Crippen molar-refractivity contribution in [1.82, 2.24) is 4.98 Å². The molecule has 3 atom stereocenters. The van der Waals surface area contributed by atoms with E-state index in [9.17, 15) is 8.78 Å². The van der Waals surface area contributed by atoms with Crippen LogP contribution in [-0.2, 0) is 6.42 Å². The summed E-state index contributed by atoms with van der Waals surface area (Å²) in [6.07, 6.45) is 1.82. The second-order valence-corrected chi connectivity index (χ2v) is 9.19. The molecular formula is C18H25F2N2PS. The number of thiazole rings is 1. The lowest BCUT2D eigenvalue weighted by Crippen LogP contribution is -2.27. The molecule has 2 aromatic rings. The fourth-order valence-corrected chi connectivity index (χ4v) is 3.95. The molecule has 0 radical (unpaired) electrons. The van der Waals surface area contributed by atoms with Gasteiger partial charge >= 0.3 is 0 Å². The highest BCUT2D eigenvalue weighted by Gasteiger charge is 2.29. The Bertz CT molecular complexity index is 710. The molecule has 0 amide bonds. The van der Waals surface area contributed by atoms with E-state index < -0.39 is 11.6 Å². The van der Waals surface area contributed by atoms with E-state index in [2.05, 4.69) is 41.9 Å². The number of rotatable bonds is 5. The number of nitrogens with zero attached hydrogens (tertiary/aromatic N) is 1. The van der Waals surface area contributed by atoms with Crippen LogP contribution in [0.15, 0.2) is 18.2 Å². The molecule has 3 unspecified atom stereocenters. The molecule has 2 nitrogen and oxygen atoms in total. The minimum absolute atomic E-state index is 0.164. The second-order valence-electron chi connectivity index (χ2n) is 7.17. The van der Waals surface area contributed by atoms with Gasteiger partial charge in [-0.05, 0) is 42.1 Å². The fourth-order valence-electron chi connectivity index (χ4n) is 2.32. The SMILES string of the molecule is CCC(P)Cc1sc(-c2cc(F)ccc2F)nc1C(N)C(C)(C)C. The predicted molar refractivity (Wildman–Crippen MR) is 101 cm³/mol. The quantitative estimate of drug-likeness (QED) is 0.723. The first-order valence-corrected chi connectivity index (χ1v) is 9.58. The molecular weight excluding hydrogens is 345 g/mol. The molecule has 0 bridgehead atoms. The lowest BCUT2D eigenvalue weighted by Gasteiger charge is -2.26. The van der Waals surface area contributed by atoms with E-state index in [0.29, 0.717) is 10.7 Å². The van der Waals surface area contributed by atoms with E-state index in [1.54, 1.807) is 0 Å². The Balaban J connectivity index is 2.53. The lowest BCUT2D eigenvalue weighted by atomic mass is 9.85. The number of hydrogen-bond donors (Lipinski definition) is 1. The highest BCUT2D eigenvalue weighted by molar-refractivity contribution is 7.18. The van der Waals surface area contributed by atoms with E-state index in [1.165, 1.54) is 17.4 Å². The van der Waals surface area contributed by atoms with Gasteiger partial charge < -0.3 is 5.73 Å². The van der Waals surface area contributed by atoms with Crippen molar-refractivity contribution in [2.24, 2.45) is 11.1 Å². The maximum absolute atomic E-state index is 14.1. The van der Waals surface area contributed by atoms with Gasteiger partial charge in [-0.3, -0.25) is 0 Å². The fraction of sp³-hybridized carbons (Fsp3) is 0.500. The van der Waals surface area contributed by atoms with Crippen LogP contribution in [-0.4, -0.2) is 10.6 Å². The maximum Gasteiger partial charge on any atom is 0.133 e. The normalized spacial score (nSPS) is 14.7. The molecule has 6 heteroatoms. The monoisotopic (exact) mass is 370 g/mol. The van der Waals surface area contributed by atoms with Crippen molar-refractivity contribution < 1.29 is 8.78 Å². The zero-order valence-electron chi connectivity index (χ0n) is 14.6. The van der Waals surface area contributed by atoms with Gasteiger partial charge in [-0.1, -0.05) is 27.7 Å². The van der Waals surface area contributed by atoms with Crippen molar-refractivity contribution in [2.45, 2.75) is 52.2 Å². The Labute approximate surface area is 149 Å². The van der Waals surface area contributed by atoms with E-state index in [1.807, 2.05) is 0 Å². The number of hydrogen-bond acceptors (Lipinski definition) is 3. The Kier molecular flexibility index (Phi) is 6.11. The minimum Gasteiger partial charge on any atom is -0.322 e. The number of nitrogens with two attached hydrogens (primary N) is 1. The average molecular weight is 370 g/mol. The van der Waals surface area contributed by atoms with E-state index in [-0.39, 0.29) is 17.0 Å². The summed E-state index contributed by atoms with van der Waals surface area (Å²) < 4.78 is 27.7. The van der Waals surface area contributed by atoms with Crippen LogP contribution in [0.3, 0.4) is 0 Å². The molecule has 0 saturated heterocycles. The van der Waals surface area contributed by atoms with Gasteiger partial charge in [0.2, 0.25) is 0 Å². The standard InChI is InChI=1S/C18H25F2N2PS/c1-5-11(23)9-14-15(16(21)18(2,3)4)22-17(24-14)12-8-10(19)6-7-13(12)20/h6-8,11,16H,5,9,21,23H2,1-4H3. The number of halogens is 2. The summed E-state index contributed by atoms with van der Waals surface area (Å²) in [5.74, 6) is -0.937. The van der Waals surface area contributed by atoms with E-state index in [0.717, 1.165) is 35.5 Å². The molecule has 0 saturated carbocycles. The first-order valence-electron chi connectivity index (χ1n) is 8.09. The van der Waals surface area contributed by atoms with Crippen molar-refractivity contribution in [3.05, 3.63) is 40.4 Å². The molecule has 2 N–H and O–H groups in total. The van der Waals surface area contributed by atoms with Crippen molar-refractivity contribution in [2.75, 3.05) is 0 Å². The molecule has 0 aliphatic rings. The second kappa shape index (κ2) is 7.55. The Morgan fingerprint density at radius 2 is 1.96 bits per heavy atom.